The first-order chi connectivity index (χ1) is 24.7. The fourth-order valence-electron chi connectivity index (χ4n) is 16.2. The second kappa shape index (κ2) is 13.1. The minimum atomic E-state index is -0.0198. The Labute approximate surface area is 357 Å². The molecule has 8 fully saturated rings. The average Bonchev–Trinajstić information content (AvgIpc) is 3.78. The van der Waals surface area contributed by atoms with E-state index in [1.54, 1.807) is 55.7 Å². The van der Waals surface area contributed by atoms with Gasteiger partial charge in [0.1, 0.15) is 0 Å². The third-order valence-corrected chi connectivity index (χ3v) is 17.5. The normalized spacial score (nSPS) is 38.6. The van der Waals surface area contributed by atoms with E-state index in [4.69, 9.17) is 0 Å². The van der Waals surface area contributed by atoms with E-state index in [2.05, 4.69) is 93.6 Å². The largest absolute Gasteiger partial charge is 2.00 e. The Balaban J connectivity index is 0.00000128. The second-order valence-electron chi connectivity index (χ2n) is 21.4. The molecule has 0 saturated heterocycles. The summed E-state index contributed by atoms with van der Waals surface area (Å²) in [7, 11) is 0. The molecule has 11 aliphatic rings. The molecule has 1 atom stereocenters. The zero-order valence-electron chi connectivity index (χ0n) is 32.8. The minimum Gasteiger partial charge on any atom is -1.00 e. The fraction of sp³-hybridized carbons (Fsp3) is 0.569. The summed E-state index contributed by atoms with van der Waals surface area (Å²) in [4.78, 5) is 0. The molecule has 280 valence electrons. The van der Waals surface area contributed by atoms with E-state index in [-0.39, 0.29) is 61.8 Å². The van der Waals surface area contributed by atoms with Crippen LogP contribution >= 0.6 is 0 Å². The molecule has 0 N–H and O–H groups in total. The van der Waals surface area contributed by atoms with E-state index in [1.807, 2.05) is 0 Å². The molecular weight excluding hydrogens is 775 g/mol. The molecule has 0 heterocycles. The van der Waals surface area contributed by atoms with Gasteiger partial charge in [-0.25, -0.2) is 0 Å². The fourth-order valence-corrected chi connectivity index (χ4v) is 16.2. The predicted molar refractivity (Wildman–Crippen MR) is 210 cm³/mol. The molecule has 11 aliphatic carbocycles. The number of allylic oxidation sites excluding steroid dienone is 4. The molecule has 0 spiro atoms. The van der Waals surface area contributed by atoms with Crippen molar-refractivity contribution in [2.24, 2.45) is 40.9 Å². The average molecular weight is 833 g/mol. The third kappa shape index (κ3) is 5.35. The molecular formula is C51H58Cl2Zr. The van der Waals surface area contributed by atoms with E-state index in [9.17, 15) is 0 Å². The Morgan fingerprint density at radius 3 is 1.43 bits per heavy atom. The molecule has 0 radical (unpaired) electrons. The van der Waals surface area contributed by atoms with Gasteiger partial charge in [0, 0.05) is 11.3 Å². The molecule has 3 aromatic carbocycles. The minimum absolute atomic E-state index is 0. The third-order valence-electron chi connectivity index (χ3n) is 17.5. The summed E-state index contributed by atoms with van der Waals surface area (Å²) >= 11 is 0. The molecule has 8 bridgehead atoms. The van der Waals surface area contributed by atoms with Gasteiger partial charge in [0.2, 0.25) is 0 Å². The van der Waals surface area contributed by atoms with E-state index in [1.165, 1.54) is 96.3 Å². The number of fused-ring (bicyclic) bond motifs is 3. The predicted octanol–water partition coefficient (Wildman–Crippen LogP) is 7.14. The molecule has 54 heavy (non-hydrogen) atoms. The zero-order valence-corrected chi connectivity index (χ0v) is 36.8. The van der Waals surface area contributed by atoms with Crippen LogP contribution < -0.4 is 24.8 Å². The molecule has 0 nitrogen and oxygen atoms in total. The van der Waals surface area contributed by atoms with Gasteiger partial charge in [0.15, 0.2) is 0 Å². The van der Waals surface area contributed by atoms with Crippen LogP contribution in [0.3, 0.4) is 0 Å². The van der Waals surface area contributed by atoms with E-state index < -0.39 is 0 Å². The summed E-state index contributed by atoms with van der Waals surface area (Å²) in [6.45, 7) is 7.30. The zero-order chi connectivity index (χ0) is 33.9. The van der Waals surface area contributed by atoms with Crippen LogP contribution in [0.15, 0.2) is 89.5 Å². The van der Waals surface area contributed by atoms with Crippen LogP contribution in [0, 0.1) is 40.9 Å². The van der Waals surface area contributed by atoms with Gasteiger partial charge in [0.25, 0.3) is 0 Å². The smallest absolute Gasteiger partial charge is 1.00 e. The Bertz CT molecular complexity index is 1880. The first kappa shape index (κ1) is 38.1. The van der Waals surface area contributed by atoms with Gasteiger partial charge in [-0.2, -0.15) is 0 Å². The van der Waals surface area contributed by atoms with Crippen LogP contribution in [-0.2, 0) is 42.4 Å². The maximum absolute atomic E-state index is 2.82. The molecule has 0 aliphatic heterocycles. The second-order valence-corrected chi connectivity index (χ2v) is 21.4. The molecule has 0 amide bonds. The topological polar surface area (TPSA) is 0 Å². The first-order valence-corrected chi connectivity index (χ1v) is 21.5. The Hall–Kier alpha value is -1.40. The summed E-state index contributed by atoms with van der Waals surface area (Å²) < 4.78 is 0. The molecule has 3 heteroatoms. The van der Waals surface area contributed by atoms with Crippen LogP contribution in [0.1, 0.15) is 151 Å². The van der Waals surface area contributed by atoms with Crippen LogP contribution in [0.25, 0.3) is 11.1 Å². The van der Waals surface area contributed by atoms with Crippen molar-refractivity contribution < 1.29 is 51.0 Å². The van der Waals surface area contributed by atoms with E-state index >= 15 is 0 Å². The van der Waals surface area contributed by atoms with Crippen molar-refractivity contribution in [2.75, 3.05) is 0 Å². The van der Waals surface area contributed by atoms with E-state index in [0.29, 0.717) is 16.7 Å². The van der Waals surface area contributed by atoms with Crippen LogP contribution in [0.2, 0.25) is 0 Å². The summed E-state index contributed by atoms with van der Waals surface area (Å²) in [5.74, 6) is 6.22. The van der Waals surface area contributed by atoms with Crippen molar-refractivity contribution in [3.63, 3.8) is 0 Å². The maximum atomic E-state index is 2.82. The molecule has 8 saturated carbocycles. The van der Waals surface area contributed by atoms with Crippen molar-refractivity contribution in [3.8, 4) is 11.1 Å². The molecule has 3 aromatic rings. The monoisotopic (exact) mass is 830 g/mol. The van der Waals surface area contributed by atoms with Crippen molar-refractivity contribution in [2.45, 2.75) is 139 Å². The van der Waals surface area contributed by atoms with Crippen molar-refractivity contribution in [3.05, 3.63) is 117 Å². The van der Waals surface area contributed by atoms with Gasteiger partial charge in [0.05, 0.1) is 0 Å². The standard InChI is InChI=1S/C51H58.2ClH.Zr/c1-48(2,3)41-21-37-13-14-51(46(37)24-41,38-7-5-4-6-8-38)47-42-11-9-39(49-25-31-15-32(26-49)17-33(16-31)27-49)22-44(42)45-23-40(10-12-43(45)47)50-28-34-18-35(29-50)20-36(19-34)30-50;;;/h4-12,22-24,31-36,47H,13-21,25-30H2,1-3H3;2*1H;/q;;;+2/p-2. The summed E-state index contributed by atoms with van der Waals surface area (Å²) in [6.07, 6.45) is 24.2. The SMILES string of the molecule is CC(C)(C)C1=CC2=C(CCC2(c2ccccc2)C2c3ccc(C45CC6CC(CC(C6)C4)C5)cc3-c3cc(C45CC6CC(CC(C6)C4)C5)ccc32)C1.[Cl-].[Cl-].[Zr+2]. The summed E-state index contributed by atoms with van der Waals surface area (Å²) in [5.41, 5.74) is 17.6. The summed E-state index contributed by atoms with van der Waals surface area (Å²) in [6, 6.07) is 28.3. The van der Waals surface area contributed by atoms with Gasteiger partial charge in [-0.1, -0.05) is 105 Å². The number of hydrogen-bond donors (Lipinski definition) is 0. The maximum Gasteiger partial charge on any atom is 2.00 e. The molecule has 14 rings (SSSR count). The number of rotatable bonds is 4. The van der Waals surface area contributed by atoms with Gasteiger partial charge in [-0.15, -0.1) is 0 Å². The Kier molecular flexibility index (Phi) is 9.22. The number of benzene rings is 3. The van der Waals surface area contributed by atoms with Gasteiger partial charge < -0.3 is 24.8 Å². The summed E-state index contributed by atoms with van der Waals surface area (Å²) in [5, 5.41) is 0. The first-order valence-electron chi connectivity index (χ1n) is 21.5. The van der Waals surface area contributed by atoms with Gasteiger partial charge in [-0.3, -0.25) is 0 Å². The Morgan fingerprint density at radius 1 is 0.556 bits per heavy atom. The number of hydrogen-bond acceptors (Lipinski definition) is 0. The van der Waals surface area contributed by atoms with Gasteiger partial charge >= 0.3 is 26.2 Å². The molecule has 0 aromatic heterocycles. The van der Waals surface area contributed by atoms with Crippen LogP contribution in [0.4, 0.5) is 0 Å². The van der Waals surface area contributed by atoms with Crippen molar-refractivity contribution in [1.82, 2.24) is 0 Å². The van der Waals surface area contributed by atoms with Crippen LogP contribution in [0.5, 0.6) is 0 Å². The van der Waals surface area contributed by atoms with E-state index in [0.717, 1.165) is 35.5 Å². The molecule has 1 unspecified atom stereocenters. The Morgan fingerprint density at radius 2 is 1.00 bits per heavy atom. The number of halogens is 2. The van der Waals surface area contributed by atoms with Crippen molar-refractivity contribution >= 4 is 0 Å². The van der Waals surface area contributed by atoms with Crippen LogP contribution in [-0.4, -0.2) is 0 Å². The van der Waals surface area contributed by atoms with Gasteiger partial charge in [-0.05, 0) is 193 Å². The quantitative estimate of drug-likeness (QED) is 0.263. The van der Waals surface area contributed by atoms with Crippen molar-refractivity contribution in [1.29, 1.82) is 0 Å².